The van der Waals surface area contributed by atoms with Crippen LogP contribution in [0, 0.1) is 11.3 Å². The summed E-state index contributed by atoms with van der Waals surface area (Å²) in [5, 5.41) is 10.2. The van der Waals surface area contributed by atoms with Gasteiger partial charge in [0.05, 0.1) is 0 Å². The van der Waals surface area contributed by atoms with E-state index in [-0.39, 0.29) is 11.5 Å². The van der Waals surface area contributed by atoms with Crippen LogP contribution in [0.3, 0.4) is 0 Å². The molecule has 1 aromatic heterocycles. The number of carbonyl (C=O) groups excluding carboxylic acids is 1. The van der Waals surface area contributed by atoms with E-state index in [0.29, 0.717) is 29.6 Å². The van der Waals surface area contributed by atoms with E-state index in [1.54, 1.807) is 23.1 Å². The summed E-state index contributed by atoms with van der Waals surface area (Å²) in [4.78, 5) is 16.8. The van der Waals surface area contributed by atoms with E-state index < -0.39 is 0 Å². The Morgan fingerprint density at radius 2 is 1.67 bits per heavy atom. The number of furan rings is 1. The first kappa shape index (κ1) is 19.8. The van der Waals surface area contributed by atoms with Gasteiger partial charge in [0.1, 0.15) is 23.2 Å². The summed E-state index contributed by atoms with van der Waals surface area (Å²) in [6, 6.07) is 23.0. The standard InChI is InChI=1S/C24H20ClN3O2/c25-20-8-6-18(7-9-20)23-11-10-22(30-23)16-19(17-26)24(29)28-14-12-27(13-15-28)21-4-2-1-3-5-21/h1-11,16H,12-15H2. The van der Waals surface area contributed by atoms with Crippen LogP contribution in [-0.2, 0) is 4.79 Å². The second-order valence-corrected chi connectivity index (χ2v) is 7.43. The van der Waals surface area contributed by atoms with Crippen molar-refractivity contribution in [2.24, 2.45) is 0 Å². The molecule has 0 radical (unpaired) electrons. The third-order valence-electron chi connectivity index (χ3n) is 5.08. The van der Waals surface area contributed by atoms with Gasteiger partial charge >= 0.3 is 0 Å². The van der Waals surface area contributed by atoms with Crippen LogP contribution in [0.1, 0.15) is 5.76 Å². The van der Waals surface area contributed by atoms with Crippen molar-refractivity contribution in [1.82, 2.24) is 4.90 Å². The molecule has 3 aromatic rings. The Morgan fingerprint density at radius 1 is 0.967 bits per heavy atom. The van der Waals surface area contributed by atoms with Gasteiger partial charge in [0.15, 0.2) is 0 Å². The molecule has 2 heterocycles. The molecule has 30 heavy (non-hydrogen) atoms. The maximum absolute atomic E-state index is 12.9. The third kappa shape index (κ3) is 4.40. The molecular weight excluding hydrogens is 398 g/mol. The highest BCUT2D eigenvalue weighted by atomic mass is 35.5. The van der Waals surface area contributed by atoms with Crippen LogP contribution in [0.5, 0.6) is 0 Å². The van der Waals surface area contributed by atoms with Gasteiger partial charge in [-0.05, 0) is 48.5 Å². The summed E-state index contributed by atoms with van der Waals surface area (Å²) in [7, 11) is 0. The number of hydrogen-bond acceptors (Lipinski definition) is 4. The lowest BCUT2D eigenvalue weighted by Crippen LogP contribution is -2.49. The van der Waals surface area contributed by atoms with Gasteiger partial charge in [0.25, 0.3) is 5.91 Å². The lowest BCUT2D eigenvalue weighted by Gasteiger charge is -2.36. The molecule has 2 aromatic carbocycles. The molecule has 6 heteroatoms. The predicted molar refractivity (Wildman–Crippen MR) is 118 cm³/mol. The Kier molecular flexibility index (Phi) is 5.87. The zero-order chi connectivity index (χ0) is 20.9. The second kappa shape index (κ2) is 8.89. The van der Waals surface area contributed by atoms with Crippen molar-refractivity contribution < 1.29 is 9.21 Å². The quantitative estimate of drug-likeness (QED) is 0.449. The first-order chi connectivity index (χ1) is 14.6. The smallest absolute Gasteiger partial charge is 0.264 e. The number of para-hydroxylation sites is 1. The average Bonchev–Trinajstić information content (AvgIpc) is 3.27. The van der Waals surface area contributed by atoms with Crippen LogP contribution in [0.4, 0.5) is 5.69 Å². The number of carbonyl (C=O) groups is 1. The molecule has 4 rings (SSSR count). The highest BCUT2D eigenvalue weighted by molar-refractivity contribution is 6.30. The number of rotatable bonds is 4. The van der Waals surface area contributed by atoms with Crippen molar-refractivity contribution in [2.45, 2.75) is 0 Å². The Balaban J connectivity index is 1.44. The summed E-state index contributed by atoms with van der Waals surface area (Å²) in [6.07, 6.45) is 1.51. The number of anilines is 1. The lowest BCUT2D eigenvalue weighted by atomic mass is 10.1. The van der Waals surface area contributed by atoms with E-state index in [2.05, 4.69) is 17.0 Å². The molecule has 1 aliphatic heterocycles. The summed E-state index contributed by atoms with van der Waals surface area (Å²) < 4.78 is 5.80. The maximum atomic E-state index is 12.9. The minimum atomic E-state index is -0.269. The minimum absolute atomic E-state index is 0.0696. The third-order valence-corrected chi connectivity index (χ3v) is 5.33. The van der Waals surface area contributed by atoms with Gasteiger partial charge in [-0.25, -0.2) is 0 Å². The van der Waals surface area contributed by atoms with Crippen LogP contribution in [0.25, 0.3) is 17.4 Å². The van der Waals surface area contributed by atoms with Gasteiger partial charge in [-0.1, -0.05) is 29.8 Å². The van der Waals surface area contributed by atoms with Gasteiger partial charge in [-0.15, -0.1) is 0 Å². The molecule has 1 fully saturated rings. The topological polar surface area (TPSA) is 60.5 Å². The first-order valence-corrected chi connectivity index (χ1v) is 10.1. The lowest BCUT2D eigenvalue weighted by molar-refractivity contribution is -0.126. The summed E-state index contributed by atoms with van der Waals surface area (Å²) >= 11 is 5.92. The van der Waals surface area contributed by atoms with E-state index in [1.807, 2.05) is 42.5 Å². The summed E-state index contributed by atoms with van der Waals surface area (Å²) in [6.45, 7) is 2.60. The largest absolute Gasteiger partial charge is 0.457 e. The van der Waals surface area contributed by atoms with Crippen LogP contribution in [0.15, 0.2) is 76.7 Å². The van der Waals surface area contributed by atoms with Crippen LogP contribution in [-0.4, -0.2) is 37.0 Å². The Bertz CT molecular complexity index is 1090. The summed E-state index contributed by atoms with van der Waals surface area (Å²) in [5.41, 5.74) is 2.09. The van der Waals surface area contributed by atoms with Crippen molar-refractivity contribution >= 4 is 29.3 Å². The van der Waals surface area contributed by atoms with E-state index in [1.165, 1.54) is 6.08 Å². The first-order valence-electron chi connectivity index (χ1n) is 9.71. The van der Waals surface area contributed by atoms with Crippen LogP contribution in [0.2, 0.25) is 5.02 Å². The zero-order valence-corrected chi connectivity index (χ0v) is 17.0. The molecule has 0 unspecified atom stereocenters. The van der Waals surface area contributed by atoms with Crippen LogP contribution < -0.4 is 4.90 Å². The second-order valence-electron chi connectivity index (χ2n) is 6.99. The van der Waals surface area contributed by atoms with Crippen LogP contribution >= 0.6 is 11.6 Å². The molecule has 5 nitrogen and oxygen atoms in total. The number of benzene rings is 2. The molecule has 1 saturated heterocycles. The number of hydrogen-bond donors (Lipinski definition) is 0. The Morgan fingerprint density at radius 3 is 2.33 bits per heavy atom. The van der Waals surface area contributed by atoms with Crippen molar-refractivity contribution in [2.75, 3.05) is 31.1 Å². The molecule has 0 spiro atoms. The monoisotopic (exact) mass is 417 g/mol. The van der Waals surface area contributed by atoms with Gasteiger partial charge in [-0.3, -0.25) is 4.79 Å². The van der Waals surface area contributed by atoms with Gasteiger partial charge < -0.3 is 14.2 Å². The van der Waals surface area contributed by atoms with Crippen molar-refractivity contribution in [3.05, 3.63) is 83.1 Å². The summed E-state index contributed by atoms with van der Waals surface area (Å²) in [5.74, 6) is 0.849. The van der Waals surface area contributed by atoms with E-state index >= 15 is 0 Å². The minimum Gasteiger partial charge on any atom is -0.457 e. The number of nitrogens with zero attached hydrogens (tertiary/aromatic N) is 3. The number of amides is 1. The SMILES string of the molecule is N#CC(=Cc1ccc(-c2ccc(Cl)cc2)o1)C(=O)N1CCN(c2ccccc2)CC1. The highest BCUT2D eigenvalue weighted by Gasteiger charge is 2.24. The Hall–Kier alpha value is -3.49. The van der Waals surface area contributed by atoms with Gasteiger partial charge in [0.2, 0.25) is 0 Å². The van der Waals surface area contributed by atoms with E-state index in [4.69, 9.17) is 16.0 Å². The predicted octanol–water partition coefficient (Wildman–Crippen LogP) is 4.86. The molecule has 0 saturated carbocycles. The maximum Gasteiger partial charge on any atom is 0.264 e. The average molecular weight is 418 g/mol. The molecule has 0 atom stereocenters. The van der Waals surface area contributed by atoms with E-state index in [0.717, 1.165) is 24.3 Å². The van der Waals surface area contributed by atoms with Gasteiger partial charge in [-0.2, -0.15) is 5.26 Å². The molecule has 0 N–H and O–H groups in total. The fraction of sp³-hybridized carbons (Fsp3) is 0.167. The number of nitriles is 1. The zero-order valence-electron chi connectivity index (χ0n) is 16.3. The van der Waals surface area contributed by atoms with Gasteiger partial charge in [0, 0.05) is 48.5 Å². The molecule has 150 valence electrons. The van der Waals surface area contributed by atoms with Crippen molar-refractivity contribution in [3.8, 4) is 17.4 Å². The highest BCUT2D eigenvalue weighted by Crippen LogP contribution is 2.25. The fourth-order valence-corrected chi connectivity index (χ4v) is 3.59. The molecular formula is C24H20ClN3O2. The van der Waals surface area contributed by atoms with E-state index in [9.17, 15) is 10.1 Å². The van der Waals surface area contributed by atoms with Crippen molar-refractivity contribution in [1.29, 1.82) is 5.26 Å². The Labute approximate surface area is 180 Å². The molecule has 0 aliphatic carbocycles. The fourth-order valence-electron chi connectivity index (χ4n) is 3.46. The molecule has 0 bridgehead atoms. The number of piperazine rings is 1. The molecule has 1 aliphatic rings. The number of halogens is 1. The van der Waals surface area contributed by atoms with Crippen molar-refractivity contribution in [3.63, 3.8) is 0 Å². The normalized spacial score (nSPS) is 14.5. The molecule has 1 amide bonds.